The number of esters is 1. The zero-order chi connectivity index (χ0) is 26.8. The Kier molecular flexibility index (Phi) is 7.57. The van der Waals surface area contributed by atoms with Crippen LogP contribution in [0, 0.1) is 12.8 Å². The van der Waals surface area contributed by atoms with Crippen LogP contribution in [0.2, 0.25) is 5.02 Å². The number of halogens is 1. The lowest BCUT2D eigenvalue weighted by Crippen LogP contribution is -2.56. The molecule has 0 radical (unpaired) electrons. The normalized spacial score (nSPS) is 19.9. The van der Waals surface area contributed by atoms with Crippen molar-refractivity contribution in [1.29, 1.82) is 0 Å². The van der Waals surface area contributed by atoms with E-state index >= 15 is 0 Å². The zero-order valence-corrected chi connectivity index (χ0v) is 22.4. The number of hydrogen-bond donors (Lipinski definition) is 0. The van der Waals surface area contributed by atoms with Gasteiger partial charge in [-0.15, -0.1) is 0 Å². The molecule has 0 bridgehead atoms. The van der Waals surface area contributed by atoms with Gasteiger partial charge >= 0.3 is 5.97 Å². The summed E-state index contributed by atoms with van der Waals surface area (Å²) in [6.07, 6.45) is 1.72. The van der Waals surface area contributed by atoms with E-state index in [0.29, 0.717) is 16.1 Å². The van der Waals surface area contributed by atoms with Crippen LogP contribution in [-0.4, -0.2) is 31.2 Å². The summed E-state index contributed by atoms with van der Waals surface area (Å²) in [6.45, 7) is 5.43. The molecule has 8 heteroatoms. The van der Waals surface area contributed by atoms with Gasteiger partial charge in [-0.2, -0.15) is 0 Å². The molecule has 0 saturated heterocycles. The van der Waals surface area contributed by atoms with Crippen molar-refractivity contribution in [3.05, 3.63) is 107 Å². The van der Waals surface area contributed by atoms with E-state index in [4.69, 9.17) is 16.3 Å². The van der Waals surface area contributed by atoms with Crippen LogP contribution >= 0.6 is 11.6 Å². The molecule has 3 aromatic rings. The highest BCUT2D eigenvalue weighted by Crippen LogP contribution is 2.47. The number of carbonyl (C=O) groups excluding carboxylic acids is 2. The molecule has 1 aliphatic rings. The Balaban J connectivity index is 2.05. The van der Waals surface area contributed by atoms with Crippen molar-refractivity contribution < 1.29 is 22.7 Å². The second kappa shape index (κ2) is 10.5. The molecule has 4 rings (SSSR count). The fraction of sp³-hybridized carbons (Fsp3) is 0.241. The first-order chi connectivity index (χ1) is 17.7. The van der Waals surface area contributed by atoms with Crippen LogP contribution in [0.4, 0.5) is 0 Å². The summed E-state index contributed by atoms with van der Waals surface area (Å²) in [4.78, 5) is 28.0. The number of aryl methyl sites for hydroxylation is 1. The van der Waals surface area contributed by atoms with Gasteiger partial charge in [-0.05, 0) is 61.7 Å². The van der Waals surface area contributed by atoms with Gasteiger partial charge in [0.25, 0.3) is 15.9 Å². The van der Waals surface area contributed by atoms with Gasteiger partial charge in [-0.25, -0.2) is 12.7 Å². The molecule has 0 N–H and O–H groups in total. The standard InChI is InChI=1S/C29H28ClNO5S/c1-4-29(22-9-7-6-8-10-22)25(27(32)36-5-2)19-26(21-13-15-23(30)16-14-21)31(28(29)33)37(34,35)24-17-11-20(3)12-18-24/h6-19,25H,4-5H2,1-3H3/t25-,29-/m1/s1. The fourth-order valence-electron chi connectivity index (χ4n) is 4.79. The number of hydrogen-bond acceptors (Lipinski definition) is 5. The van der Waals surface area contributed by atoms with Gasteiger partial charge in [-0.1, -0.05) is 78.7 Å². The third-order valence-corrected chi connectivity index (χ3v) is 8.69. The van der Waals surface area contributed by atoms with Crippen LogP contribution in [-0.2, 0) is 29.8 Å². The highest BCUT2D eigenvalue weighted by molar-refractivity contribution is 7.90. The molecule has 37 heavy (non-hydrogen) atoms. The van der Waals surface area contributed by atoms with Gasteiger partial charge in [0.15, 0.2) is 0 Å². The second-order valence-electron chi connectivity index (χ2n) is 8.87. The molecule has 0 saturated carbocycles. The Morgan fingerprint density at radius 1 is 0.973 bits per heavy atom. The lowest BCUT2D eigenvalue weighted by Gasteiger charge is -2.44. The lowest BCUT2D eigenvalue weighted by atomic mass is 9.65. The first-order valence-electron chi connectivity index (χ1n) is 12.0. The van der Waals surface area contributed by atoms with Gasteiger partial charge in [0.05, 0.1) is 28.5 Å². The monoisotopic (exact) mass is 537 g/mol. The highest BCUT2D eigenvalue weighted by atomic mass is 35.5. The molecule has 1 amide bonds. The van der Waals surface area contributed by atoms with E-state index in [-0.39, 0.29) is 23.6 Å². The largest absolute Gasteiger partial charge is 0.466 e. The van der Waals surface area contributed by atoms with Crippen molar-refractivity contribution >= 4 is 39.2 Å². The van der Waals surface area contributed by atoms with E-state index in [1.807, 2.05) is 6.92 Å². The van der Waals surface area contributed by atoms with E-state index < -0.39 is 33.2 Å². The van der Waals surface area contributed by atoms with E-state index in [0.717, 1.165) is 9.87 Å². The molecule has 0 aliphatic carbocycles. The van der Waals surface area contributed by atoms with Crippen LogP contribution in [0.15, 0.2) is 89.8 Å². The summed E-state index contributed by atoms with van der Waals surface area (Å²) in [5.41, 5.74) is 0.435. The Morgan fingerprint density at radius 3 is 2.16 bits per heavy atom. The van der Waals surface area contributed by atoms with Gasteiger partial charge in [0.1, 0.15) is 0 Å². The van der Waals surface area contributed by atoms with Crippen LogP contribution in [0.1, 0.15) is 37.0 Å². The first kappa shape index (κ1) is 26.6. The van der Waals surface area contributed by atoms with Crippen LogP contribution in [0.25, 0.3) is 5.70 Å². The summed E-state index contributed by atoms with van der Waals surface area (Å²) in [5, 5.41) is 0.452. The number of carbonyl (C=O) groups is 2. The molecule has 1 heterocycles. The SMILES string of the molecule is CCOC(=O)[C@H]1C=C(c2ccc(Cl)cc2)N(S(=O)(=O)c2ccc(C)cc2)C(=O)[C@]1(CC)c1ccccc1. The molecule has 3 aromatic carbocycles. The summed E-state index contributed by atoms with van der Waals surface area (Å²) < 4.78 is 34.5. The Labute approximate surface area is 222 Å². The summed E-state index contributed by atoms with van der Waals surface area (Å²) >= 11 is 6.09. The van der Waals surface area contributed by atoms with Crippen molar-refractivity contribution in [2.24, 2.45) is 5.92 Å². The number of benzene rings is 3. The average molecular weight is 538 g/mol. The summed E-state index contributed by atoms with van der Waals surface area (Å²) in [5.74, 6) is -2.37. The van der Waals surface area contributed by atoms with Crippen molar-refractivity contribution in [2.75, 3.05) is 6.61 Å². The number of sulfonamides is 1. The van der Waals surface area contributed by atoms with Crippen molar-refractivity contribution in [1.82, 2.24) is 4.31 Å². The summed E-state index contributed by atoms with van der Waals surface area (Å²) in [7, 11) is -4.36. The Bertz CT molecular complexity index is 1430. The molecule has 1 aliphatic heterocycles. The van der Waals surface area contributed by atoms with Crippen LogP contribution in [0.3, 0.4) is 0 Å². The predicted molar refractivity (Wildman–Crippen MR) is 143 cm³/mol. The second-order valence-corrected chi connectivity index (χ2v) is 11.1. The third kappa shape index (κ3) is 4.69. The number of amides is 1. The van der Waals surface area contributed by atoms with Crippen molar-refractivity contribution in [2.45, 2.75) is 37.5 Å². The van der Waals surface area contributed by atoms with Crippen molar-refractivity contribution in [3.8, 4) is 0 Å². The minimum atomic E-state index is -4.36. The first-order valence-corrected chi connectivity index (χ1v) is 13.8. The average Bonchev–Trinajstić information content (AvgIpc) is 2.89. The minimum Gasteiger partial charge on any atom is -0.466 e. The summed E-state index contributed by atoms with van der Waals surface area (Å²) in [6, 6.07) is 21.6. The number of rotatable bonds is 7. The molecular formula is C29H28ClNO5S. The van der Waals surface area contributed by atoms with Crippen LogP contribution < -0.4 is 0 Å². The topological polar surface area (TPSA) is 80.8 Å². The van der Waals surface area contributed by atoms with Gasteiger partial charge < -0.3 is 4.74 Å². The maximum atomic E-state index is 14.6. The molecule has 0 aromatic heterocycles. The molecule has 0 unspecified atom stereocenters. The molecule has 6 nitrogen and oxygen atoms in total. The maximum absolute atomic E-state index is 14.6. The Hall–Kier alpha value is -3.42. The fourth-order valence-corrected chi connectivity index (χ4v) is 6.42. The van der Waals surface area contributed by atoms with Gasteiger partial charge in [0.2, 0.25) is 0 Å². The molecule has 0 spiro atoms. The van der Waals surface area contributed by atoms with E-state index in [9.17, 15) is 18.0 Å². The van der Waals surface area contributed by atoms with E-state index in [1.165, 1.54) is 12.1 Å². The van der Waals surface area contributed by atoms with Gasteiger partial charge in [-0.3, -0.25) is 9.59 Å². The smallest absolute Gasteiger partial charge is 0.314 e. The maximum Gasteiger partial charge on any atom is 0.314 e. The van der Waals surface area contributed by atoms with E-state index in [2.05, 4.69) is 0 Å². The molecule has 2 atom stereocenters. The molecule has 192 valence electrons. The van der Waals surface area contributed by atoms with Crippen molar-refractivity contribution in [3.63, 3.8) is 0 Å². The van der Waals surface area contributed by atoms with Crippen LogP contribution in [0.5, 0.6) is 0 Å². The molecular weight excluding hydrogens is 510 g/mol. The van der Waals surface area contributed by atoms with Gasteiger partial charge in [0, 0.05) is 5.02 Å². The quantitative estimate of drug-likeness (QED) is 0.359. The predicted octanol–water partition coefficient (Wildman–Crippen LogP) is 5.75. The molecule has 0 fully saturated rings. The number of ether oxygens (including phenoxy) is 1. The number of nitrogens with zero attached hydrogens (tertiary/aromatic N) is 1. The minimum absolute atomic E-state index is 0.0287. The Morgan fingerprint density at radius 2 is 1.59 bits per heavy atom. The highest BCUT2D eigenvalue weighted by Gasteiger charge is 2.57. The third-order valence-electron chi connectivity index (χ3n) is 6.73. The zero-order valence-electron chi connectivity index (χ0n) is 20.8. The van der Waals surface area contributed by atoms with E-state index in [1.54, 1.807) is 86.7 Å². The lowest BCUT2D eigenvalue weighted by molar-refractivity contribution is -0.153.